The lowest BCUT2D eigenvalue weighted by molar-refractivity contribution is 0.0827. The fourth-order valence-electron chi connectivity index (χ4n) is 4.35. The number of nitrogens with one attached hydrogen (secondary N) is 1. The van der Waals surface area contributed by atoms with Gasteiger partial charge in [-0.2, -0.15) is 0 Å². The number of hydrogen-bond acceptors (Lipinski definition) is 6. The van der Waals surface area contributed by atoms with E-state index in [4.69, 9.17) is 0 Å². The molecule has 0 bridgehead atoms. The third-order valence-electron chi connectivity index (χ3n) is 6.23. The van der Waals surface area contributed by atoms with Crippen molar-refractivity contribution in [3.8, 4) is 0 Å². The zero-order chi connectivity index (χ0) is 27.1. The Hall–Kier alpha value is -3.46. The molecule has 1 aliphatic heterocycles. The molecule has 1 aliphatic rings. The van der Waals surface area contributed by atoms with Gasteiger partial charge in [0.2, 0.25) is 0 Å². The van der Waals surface area contributed by atoms with Crippen molar-refractivity contribution in [2.45, 2.75) is 51.7 Å². The van der Waals surface area contributed by atoms with Crippen LogP contribution >= 0.6 is 0 Å². The quantitative estimate of drug-likeness (QED) is 0.484. The summed E-state index contributed by atoms with van der Waals surface area (Å²) in [5, 5.41) is 12.0. The number of carbonyl (C=O) groups is 1. The number of amides is 1. The second kappa shape index (κ2) is 12.7. The molecule has 37 heavy (non-hydrogen) atoms. The molecule has 0 radical (unpaired) electrons. The van der Waals surface area contributed by atoms with Crippen LogP contribution in [0.4, 0.5) is 5.69 Å². The Morgan fingerprint density at radius 3 is 2.54 bits per heavy atom. The fraction of sp³-hybridized carbons (Fsp3) is 0.393. The highest BCUT2D eigenvalue weighted by Crippen LogP contribution is 2.29. The lowest BCUT2D eigenvalue weighted by Crippen LogP contribution is -2.30. The van der Waals surface area contributed by atoms with E-state index in [0.717, 1.165) is 46.4 Å². The summed E-state index contributed by atoms with van der Waals surface area (Å²) in [6.45, 7) is 10.4. The van der Waals surface area contributed by atoms with Gasteiger partial charge in [0.15, 0.2) is 5.82 Å². The normalized spacial score (nSPS) is 14.4. The maximum Gasteiger partial charge on any atom is 0.253 e. The smallest absolute Gasteiger partial charge is 0.253 e. The SMILES string of the molecule is CC.Cc1nnc2n1CCN(/C=C/c1c(C(=O)N(C)C)cccc1[C@@H](C)Nc1ccccc1S(C)=O)C2. The van der Waals surface area contributed by atoms with Crippen molar-refractivity contribution in [1.29, 1.82) is 0 Å². The molecule has 9 heteroatoms. The maximum absolute atomic E-state index is 13.1. The van der Waals surface area contributed by atoms with Gasteiger partial charge in [0.05, 0.1) is 27.9 Å². The number of hydrogen-bond donors (Lipinski definition) is 1. The Morgan fingerprint density at radius 2 is 1.84 bits per heavy atom. The van der Waals surface area contributed by atoms with Gasteiger partial charge in [-0.25, -0.2) is 0 Å². The van der Waals surface area contributed by atoms with E-state index in [2.05, 4.69) is 31.9 Å². The van der Waals surface area contributed by atoms with Gasteiger partial charge in [-0.15, -0.1) is 10.2 Å². The summed E-state index contributed by atoms with van der Waals surface area (Å²) in [6.07, 6.45) is 5.74. The minimum Gasteiger partial charge on any atom is -0.378 e. The standard InChI is InChI=1S/C26H32N6O2S.C2H6/c1-18(27-23-11-6-7-12-24(23)35(5)34)20-9-8-10-22(26(33)30(3)4)21(20)13-14-31-15-16-32-19(2)28-29-25(32)17-31;1-2/h6-14,18,27H,15-17H2,1-5H3;1-2H3/b14-13+;/t18-,35?;/m1./s1. The van der Waals surface area contributed by atoms with Crippen LogP contribution in [0.15, 0.2) is 53.6 Å². The number of carbonyl (C=O) groups excluding carboxylic acids is 1. The highest BCUT2D eigenvalue weighted by Gasteiger charge is 2.21. The first-order chi connectivity index (χ1) is 17.8. The van der Waals surface area contributed by atoms with Crippen LogP contribution in [0.2, 0.25) is 0 Å². The van der Waals surface area contributed by atoms with E-state index < -0.39 is 10.8 Å². The molecule has 8 nitrogen and oxygen atoms in total. The Balaban J connectivity index is 0.00000186. The van der Waals surface area contributed by atoms with Gasteiger partial charge < -0.3 is 19.7 Å². The molecule has 2 atom stereocenters. The van der Waals surface area contributed by atoms with Crippen LogP contribution < -0.4 is 5.32 Å². The van der Waals surface area contributed by atoms with Crippen molar-refractivity contribution in [1.82, 2.24) is 24.6 Å². The van der Waals surface area contributed by atoms with Gasteiger partial charge in [-0.1, -0.05) is 38.1 Å². The molecule has 1 aromatic heterocycles. The average Bonchev–Trinajstić information content (AvgIpc) is 3.27. The summed E-state index contributed by atoms with van der Waals surface area (Å²) in [5.74, 6) is 1.82. The van der Waals surface area contributed by atoms with E-state index in [-0.39, 0.29) is 11.9 Å². The highest BCUT2D eigenvalue weighted by atomic mass is 32.2. The van der Waals surface area contributed by atoms with Crippen molar-refractivity contribution >= 4 is 28.5 Å². The number of aromatic nitrogens is 3. The van der Waals surface area contributed by atoms with Crippen LogP contribution in [0.3, 0.4) is 0 Å². The summed E-state index contributed by atoms with van der Waals surface area (Å²) in [5.41, 5.74) is 3.32. The van der Waals surface area contributed by atoms with Crippen LogP contribution in [0.1, 0.15) is 59.9 Å². The molecule has 0 fully saturated rings. The Morgan fingerprint density at radius 1 is 1.11 bits per heavy atom. The Labute approximate surface area is 222 Å². The number of anilines is 1. The summed E-state index contributed by atoms with van der Waals surface area (Å²) in [7, 11) is 2.40. The third kappa shape index (κ3) is 6.46. The molecular formula is C28H38N6O2S. The first-order valence-electron chi connectivity index (χ1n) is 12.6. The van der Waals surface area contributed by atoms with Crippen LogP contribution in [0, 0.1) is 6.92 Å². The second-order valence-corrected chi connectivity index (χ2v) is 10.3. The highest BCUT2D eigenvalue weighted by molar-refractivity contribution is 7.84. The predicted molar refractivity (Wildman–Crippen MR) is 151 cm³/mol. The lowest BCUT2D eigenvalue weighted by Gasteiger charge is -2.27. The van der Waals surface area contributed by atoms with Crippen LogP contribution in [0.25, 0.3) is 6.08 Å². The first-order valence-corrected chi connectivity index (χ1v) is 14.2. The molecule has 0 aliphatic carbocycles. The molecule has 0 spiro atoms. The van der Waals surface area contributed by atoms with Crippen molar-refractivity contribution in [3.63, 3.8) is 0 Å². The van der Waals surface area contributed by atoms with E-state index >= 15 is 0 Å². The molecule has 2 aromatic carbocycles. The Kier molecular flexibility index (Phi) is 9.63. The molecule has 0 saturated heterocycles. The van der Waals surface area contributed by atoms with E-state index in [1.165, 1.54) is 0 Å². The molecule has 1 amide bonds. The molecule has 4 rings (SSSR count). The molecule has 3 aromatic rings. The van der Waals surface area contributed by atoms with Crippen LogP contribution in [-0.2, 0) is 23.9 Å². The van der Waals surface area contributed by atoms with Gasteiger partial charge in [0.25, 0.3) is 5.91 Å². The zero-order valence-electron chi connectivity index (χ0n) is 22.9. The largest absolute Gasteiger partial charge is 0.378 e. The number of benzene rings is 2. The van der Waals surface area contributed by atoms with Gasteiger partial charge in [0.1, 0.15) is 5.82 Å². The van der Waals surface area contributed by atoms with Crippen LogP contribution in [-0.4, -0.2) is 61.6 Å². The lowest BCUT2D eigenvalue weighted by atomic mass is 9.95. The summed E-state index contributed by atoms with van der Waals surface area (Å²) in [6, 6.07) is 13.3. The molecule has 198 valence electrons. The van der Waals surface area contributed by atoms with E-state index in [9.17, 15) is 9.00 Å². The van der Waals surface area contributed by atoms with Gasteiger partial charge in [-0.05, 0) is 49.2 Å². The maximum atomic E-state index is 13.1. The van der Waals surface area contributed by atoms with Crippen molar-refractivity contribution in [2.75, 3.05) is 32.2 Å². The van der Waals surface area contributed by atoms with E-state index in [0.29, 0.717) is 12.1 Å². The first kappa shape index (κ1) is 28.1. The third-order valence-corrected chi connectivity index (χ3v) is 7.21. The van der Waals surface area contributed by atoms with E-state index in [1.54, 1.807) is 25.3 Å². The Bertz CT molecular complexity index is 1280. The molecule has 2 heterocycles. The summed E-state index contributed by atoms with van der Waals surface area (Å²) >= 11 is 0. The summed E-state index contributed by atoms with van der Waals surface area (Å²) < 4.78 is 14.4. The number of nitrogens with zero attached hydrogens (tertiary/aromatic N) is 5. The number of para-hydroxylation sites is 1. The second-order valence-electron chi connectivity index (χ2n) is 8.93. The number of aryl methyl sites for hydroxylation is 1. The molecule has 1 N–H and O–H groups in total. The molecular weight excluding hydrogens is 484 g/mol. The fourth-order valence-corrected chi connectivity index (χ4v) is 5.06. The summed E-state index contributed by atoms with van der Waals surface area (Å²) in [4.78, 5) is 17.6. The van der Waals surface area contributed by atoms with Gasteiger partial charge in [-0.3, -0.25) is 9.00 Å². The molecule has 1 unspecified atom stereocenters. The van der Waals surface area contributed by atoms with Crippen LogP contribution in [0.5, 0.6) is 0 Å². The van der Waals surface area contributed by atoms with Gasteiger partial charge in [0, 0.05) is 51.2 Å². The topological polar surface area (TPSA) is 83.4 Å². The minimum atomic E-state index is -1.12. The van der Waals surface area contributed by atoms with E-state index in [1.807, 2.05) is 75.5 Å². The zero-order valence-corrected chi connectivity index (χ0v) is 23.7. The van der Waals surface area contributed by atoms with Crippen molar-refractivity contribution in [2.24, 2.45) is 0 Å². The number of fused-ring (bicyclic) bond motifs is 1. The minimum absolute atomic E-state index is 0.0530. The monoisotopic (exact) mass is 522 g/mol. The van der Waals surface area contributed by atoms with Gasteiger partial charge >= 0.3 is 0 Å². The van der Waals surface area contributed by atoms with Crippen molar-refractivity contribution < 1.29 is 9.00 Å². The van der Waals surface area contributed by atoms with Crippen molar-refractivity contribution in [3.05, 3.63) is 77.0 Å². The number of rotatable bonds is 7. The average molecular weight is 523 g/mol. The molecule has 0 saturated carbocycles. The predicted octanol–water partition coefficient (Wildman–Crippen LogP) is 4.71.